The molecule has 0 aliphatic heterocycles. The van der Waals surface area contributed by atoms with Crippen molar-refractivity contribution < 1.29 is 9.84 Å². The minimum Gasteiger partial charge on any atom is -0.481 e. The number of methoxy groups -OCH3 is 1. The van der Waals surface area contributed by atoms with Gasteiger partial charge in [0, 0.05) is 18.7 Å². The van der Waals surface area contributed by atoms with Crippen molar-refractivity contribution in [2.75, 3.05) is 14.2 Å². The molecule has 1 aliphatic rings. The summed E-state index contributed by atoms with van der Waals surface area (Å²) in [6.07, 6.45) is 4.14. The van der Waals surface area contributed by atoms with E-state index in [2.05, 4.69) is 16.9 Å². The number of ether oxygens (including phenoxy) is 1. The van der Waals surface area contributed by atoms with Crippen molar-refractivity contribution in [1.29, 1.82) is 0 Å². The zero-order valence-electron chi connectivity index (χ0n) is 11.2. The molecule has 4 heteroatoms. The van der Waals surface area contributed by atoms with Crippen molar-refractivity contribution in [3.8, 4) is 5.88 Å². The van der Waals surface area contributed by atoms with Gasteiger partial charge in [0.1, 0.15) is 0 Å². The second kappa shape index (κ2) is 6.16. The van der Waals surface area contributed by atoms with Gasteiger partial charge in [-0.2, -0.15) is 0 Å². The van der Waals surface area contributed by atoms with Crippen molar-refractivity contribution >= 4 is 0 Å². The predicted octanol–water partition coefficient (Wildman–Crippen LogP) is 1.83. The van der Waals surface area contributed by atoms with Gasteiger partial charge in [-0.15, -0.1) is 0 Å². The molecular weight excluding hydrogens is 228 g/mol. The summed E-state index contributed by atoms with van der Waals surface area (Å²) >= 11 is 0. The molecule has 0 aromatic carbocycles. The van der Waals surface area contributed by atoms with E-state index in [0.29, 0.717) is 5.88 Å². The smallest absolute Gasteiger partial charge is 0.213 e. The highest BCUT2D eigenvalue weighted by atomic mass is 16.5. The van der Waals surface area contributed by atoms with Crippen molar-refractivity contribution in [1.82, 2.24) is 9.88 Å². The molecule has 2 unspecified atom stereocenters. The zero-order valence-corrected chi connectivity index (χ0v) is 11.2. The first-order valence-corrected chi connectivity index (χ1v) is 6.59. The fourth-order valence-electron chi connectivity index (χ4n) is 2.64. The minimum atomic E-state index is -0.200. The van der Waals surface area contributed by atoms with E-state index in [-0.39, 0.29) is 12.1 Å². The van der Waals surface area contributed by atoms with E-state index in [4.69, 9.17) is 4.74 Å². The van der Waals surface area contributed by atoms with Crippen LogP contribution in [0.3, 0.4) is 0 Å². The SMILES string of the molecule is COc1cccc(CN(C)C2CCCCC2O)n1. The Kier molecular flexibility index (Phi) is 4.55. The van der Waals surface area contributed by atoms with Gasteiger partial charge in [-0.25, -0.2) is 4.98 Å². The Bertz CT molecular complexity index is 384. The van der Waals surface area contributed by atoms with Gasteiger partial charge in [0.2, 0.25) is 5.88 Å². The van der Waals surface area contributed by atoms with E-state index >= 15 is 0 Å². The summed E-state index contributed by atoms with van der Waals surface area (Å²) in [7, 11) is 3.68. The Morgan fingerprint density at radius 3 is 2.89 bits per heavy atom. The molecule has 2 atom stereocenters. The molecule has 4 nitrogen and oxygen atoms in total. The lowest BCUT2D eigenvalue weighted by Gasteiger charge is -2.35. The summed E-state index contributed by atoms with van der Waals surface area (Å²) in [6, 6.07) is 6.05. The van der Waals surface area contributed by atoms with Crippen LogP contribution in [0.2, 0.25) is 0 Å². The maximum Gasteiger partial charge on any atom is 0.213 e. The van der Waals surface area contributed by atoms with Gasteiger partial charge in [-0.05, 0) is 26.0 Å². The van der Waals surface area contributed by atoms with E-state index in [9.17, 15) is 5.11 Å². The first-order valence-electron chi connectivity index (χ1n) is 6.59. The third-order valence-electron chi connectivity index (χ3n) is 3.66. The highest BCUT2D eigenvalue weighted by Gasteiger charge is 2.26. The van der Waals surface area contributed by atoms with E-state index in [0.717, 1.165) is 31.5 Å². The molecule has 100 valence electrons. The second-order valence-electron chi connectivity index (χ2n) is 5.01. The first kappa shape index (κ1) is 13.3. The molecule has 0 bridgehead atoms. The molecule has 1 aliphatic carbocycles. The van der Waals surface area contributed by atoms with Crippen LogP contribution in [0.1, 0.15) is 31.4 Å². The second-order valence-corrected chi connectivity index (χ2v) is 5.01. The topological polar surface area (TPSA) is 45.6 Å². The average molecular weight is 250 g/mol. The third kappa shape index (κ3) is 3.21. The molecule has 1 N–H and O–H groups in total. The molecule has 1 aromatic rings. The molecule has 2 rings (SSSR count). The summed E-state index contributed by atoms with van der Waals surface area (Å²) < 4.78 is 5.12. The van der Waals surface area contributed by atoms with Crippen molar-refractivity contribution in [3.05, 3.63) is 23.9 Å². The number of aliphatic hydroxyl groups is 1. The highest BCUT2D eigenvalue weighted by molar-refractivity contribution is 5.15. The summed E-state index contributed by atoms with van der Waals surface area (Å²) in [5.41, 5.74) is 0.981. The van der Waals surface area contributed by atoms with Gasteiger partial charge >= 0.3 is 0 Å². The zero-order chi connectivity index (χ0) is 13.0. The van der Waals surface area contributed by atoms with Gasteiger partial charge in [0.15, 0.2) is 0 Å². The Balaban J connectivity index is 1.98. The summed E-state index contributed by atoms with van der Waals surface area (Å²) in [5.74, 6) is 0.644. The van der Waals surface area contributed by atoms with Crippen LogP contribution in [0, 0.1) is 0 Å². The van der Waals surface area contributed by atoms with E-state index in [1.807, 2.05) is 18.2 Å². The van der Waals surface area contributed by atoms with Crippen LogP contribution in [0.25, 0.3) is 0 Å². The van der Waals surface area contributed by atoms with E-state index < -0.39 is 0 Å². The lowest BCUT2D eigenvalue weighted by molar-refractivity contribution is 0.0283. The third-order valence-corrected chi connectivity index (χ3v) is 3.66. The van der Waals surface area contributed by atoms with Crippen molar-refractivity contribution in [2.45, 2.75) is 44.4 Å². The van der Waals surface area contributed by atoms with Gasteiger partial charge < -0.3 is 9.84 Å². The van der Waals surface area contributed by atoms with Gasteiger partial charge in [0.25, 0.3) is 0 Å². The largest absolute Gasteiger partial charge is 0.481 e. The van der Waals surface area contributed by atoms with Crippen LogP contribution >= 0.6 is 0 Å². The Morgan fingerprint density at radius 1 is 1.39 bits per heavy atom. The molecule has 0 spiro atoms. The normalized spacial score (nSPS) is 24.2. The fraction of sp³-hybridized carbons (Fsp3) is 0.643. The summed E-state index contributed by atoms with van der Waals surface area (Å²) in [6.45, 7) is 0.749. The monoisotopic (exact) mass is 250 g/mol. The Morgan fingerprint density at radius 2 is 2.17 bits per heavy atom. The standard InChI is InChI=1S/C14H22N2O2/c1-16(12-7-3-4-8-13(12)17)10-11-6-5-9-14(15-11)18-2/h5-6,9,12-13,17H,3-4,7-8,10H2,1-2H3. The van der Waals surface area contributed by atoms with Crippen molar-refractivity contribution in [2.24, 2.45) is 0 Å². The number of likely N-dealkylation sites (N-methyl/N-ethyl adjacent to an activating group) is 1. The average Bonchev–Trinajstić information content (AvgIpc) is 2.39. The van der Waals surface area contributed by atoms with Gasteiger partial charge in [0.05, 0.1) is 18.9 Å². The molecule has 1 fully saturated rings. The number of nitrogens with zero attached hydrogens (tertiary/aromatic N) is 2. The fourth-order valence-corrected chi connectivity index (χ4v) is 2.64. The van der Waals surface area contributed by atoms with Crippen LogP contribution in [0.5, 0.6) is 5.88 Å². The molecule has 0 amide bonds. The lowest BCUT2D eigenvalue weighted by atomic mass is 9.91. The van der Waals surface area contributed by atoms with Crippen LogP contribution in [0.15, 0.2) is 18.2 Å². The van der Waals surface area contributed by atoms with Crippen molar-refractivity contribution in [3.63, 3.8) is 0 Å². The Labute approximate surface area is 109 Å². The molecule has 1 heterocycles. The molecule has 18 heavy (non-hydrogen) atoms. The first-order chi connectivity index (χ1) is 8.70. The number of aliphatic hydroxyl groups excluding tert-OH is 1. The van der Waals surface area contributed by atoms with E-state index in [1.165, 1.54) is 6.42 Å². The molecule has 0 radical (unpaired) electrons. The maximum atomic E-state index is 10.0. The minimum absolute atomic E-state index is 0.200. The maximum absolute atomic E-state index is 10.0. The van der Waals surface area contributed by atoms with Crippen LogP contribution in [-0.2, 0) is 6.54 Å². The number of hydrogen-bond acceptors (Lipinski definition) is 4. The molecule has 1 saturated carbocycles. The molecule has 1 aromatic heterocycles. The molecular formula is C14H22N2O2. The van der Waals surface area contributed by atoms with E-state index in [1.54, 1.807) is 7.11 Å². The number of pyridine rings is 1. The number of hydrogen-bond donors (Lipinski definition) is 1. The van der Waals surface area contributed by atoms with Crippen LogP contribution in [-0.4, -0.2) is 41.3 Å². The summed E-state index contributed by atoms with van der Waals surface area (Å²) in [4.78, 5) is 6.61. The highest BCUT2D eigenvalue weighted by Crippen LogP contribution is 2.23. The van der Waals surface area contributed by atoms with Gasteiger partial charge in [-0.1, -0.05) is 18.9 Å². The van der Waals surface area contributed by atoms with Crippen LogP contribution in [0.4, 0.5) is 0 Å². The predicted molar refractivity (Wildman–Crippen MR) is 70.5 cm³/mol. The number of aromatic nitrogens is 1. The Hall–Kier alpha value is -1.13. The van der Waals surface area contributed by atoms with Crippen LogP contribution < -0.4 is 4.74 Å². The quantitative estimate of drug-likeness (QED) is 0.885. The summed E-state index contributed by atoms with van der Waals surface area (Å²) in [5, 5.41) is 10.0. The number of rotatable bonds is 4. The lowest BCUT2D eigenvalue weighted by Crippen LogP contribution is -2.43. The van der Waals surface area contributed by atoms with Gasteiger partial charge in [-0.3, -0.25) is 4.90 Å². The molecule has 0 saturated heterocycles.